The van der Waals surface area contributed by atoms with Gasteiger partial charge in [0, 0.05) is 17.1 Å². The van der Waals surface area contributed by atoms with Crippen LogP contribution < -0.4 is 5.73 Å². The van der Waals surface area contributed by atoms with Crippen LogP contribution in [-0.4, -0.2) is 16.8 Å². The number of phenols is 1. The first kappa shape index (κ1) is 10.9. The van der Waals surface area contributed by atoms with E-state index < -0.39 is 0 Å². The van der Waals surface area contributed by atoms with Crippen LogP contribution >= 0.6 is 11.8 Å². The summed E-state index contributed by atoms with van der Waals surface area (Å²) in [5.41, 5.74) is 5.86. The minimum Gasteiger partial charge on any atom is -0.508 e. The molecule has 76 valence electrons. The van der Waals surface area contributed by atoms with Crippen molar-refractivity contribution in [3.05, 3.63) is 23.8 Å². The summed E-state index contributed by atoms with van der Waals surface area (Å²) in [6.07, 6.45) is 0.380. The molecule has 0 saturated heterocycles. The van der Waals surface area contributed by atoms with Crippen LogP contribution in [0.5, 0.6) is 5.75 Å². The molecule has 0 atom stereocenters. The van der Waals surface area contributed by atoms with Crippen LogP contribution in [0.4, 0.5) is 0 Å². The normalized spacial score (nSPS) is 10.1. The van der Waals surface area contributed by atoms with Crippen molar-refractivity contribution >= 4 is 17.7 Å². The molecule has 1 aromatic rings. The number of primary amides is 1. The topological polar surface area (TPSA) is 63.3 Å². The number of aromatic hydroxyl groups is 1. The number of carbonyl (C=O) groups is 1. The van der Waals surface area contributed by atoms with Gasteiger partial charge in [0.2, 0.25) is 5.91 Å². The Hall–Kier alpha value is -1.16. The van der Waals surface area contributed by atoms with Gasteiger partial charge in [-0.15, -0.1) is 11.8 Å². The number of hydrogen-bond acceptors (Lipinski definition) is 3. The molecule has 1 rings (SSSR count). The molecule has 1 amide bonds. The van der Waals surface area contributed by atoms with Gasteiger partial charge in [0.15, 0.2) is 0 Å². The van der Waals surface area contributed by atoms with E-state index in [-0.39, 0.29) is 5.91 Å². The lowest BCUT2D eigenvalue weighted by atomic mass is 10.2. The molecule has 14 heavy (non-hydrogen) atoms. The minimum absolute atomic E-state index is 0.284. The largest absolute Gasteiger partial charge is 0.508 e. The third-order valence-corrected chi connectivity index (χ3v) is 2.78. The highest BCUT2D eigenvalue weighted by Gasteiger charge is 2.00. The highest BCUT2D eigenvalue weighted by Crippen LogP contribution is 2.24. The van der Waals surface area contributed by atoms with Crippen molar-refractivity contribution in [1.29, 1.82) is 0 Å². The minimum atomic E-state index is -0.284. The van der Waals surface area contributed by atoms with Crippen LogP contribution in [0.25, 0.3) is 0 Å². The van der Waals surface area contributed by atoms with Crippen molar-refractivity contribution in [3.8, 4) is 5.75 Å². The van der Waals surface area contributed by atoms with E-state index in [1.165, 1.54) is 0 Å². The quantitative estimate of drug-likeness (QED) is 0.745. The van der Waals surface area contributed by atoms with Gasteiger partial charge in [0.05, 0.1) is 0 Å². The fraction of sp³-hybridized carbons (Fsp3) is 0.300. The Kier molecular flexibility index (Phi) is 3.83. The maximum atomic E-state index is 10.5. The summed E-state index contributed by atoms with van der Waals surface area (Å²) < 4.78 is 0. The van der Waals surface area contributed by atoms with Gasteiger partial charge in [-0.05, 0) is 30.7 Å². The molecule has 1 aromatic carbocycles. The van der Waals surface area contributed by atoms with Crippen LogP contribution in [0.15, 0.2) is 23.1 Å². The summed E-state index contributed by atoms with van der Waals surface area (Å²) in [6, 6.07) is 5.37. The smallest absolute Gasteiger partial charge is 0.218 e. The third kappa shape index (κ3) is 3.30. The summed E-state index contributed by atoms with van der Waals surface area (Å²) in [4.78, 5) is 11.5. The van der Waals surface area contributed by atoms with Gasteiger partial charge in [-0.1, -0.05) is 0 Å². The van der Waals surface area contributed by atoms with Gasteiger partial charge >= 0.3 is 0 Å². The maximum Gasteiger partial charge on any atom is 0.218 e. The lowest BCUT2D eigenvalue weighted by Gasteiger charge is -2.02. The number of rotatable bonds is 4. The van der Waals surface area contributed by atoms with E-state index in [1.807, 2.05) is 19.1 Å². The van der Waals surface area contributed by atoms with E-state index in [4.69, 9.17) is 5.73 Å². The predicted octanol–water partition coefficient (Wildman–Crippen LogP) is 1.67. The second-order valence-electron chi connectivity index (χ2n) is 3.01. The van der Waals surface area contributed by atoms with Crippen LogP contribution in [0.1, 0.15) is 12.0 Å². The van der Waals surface area contributed by atoms with Crippen molar-refractivity contribution in [3.63, 3.8) is 0 Å². The van der Waals surface area contributed by atoms with Crippen molar-refractivity contribution in [2.45, 2.75) is 18.2 Å². The van der Waals surface area contributed by atoms with Crippen LogP contribution in [-0.2, 0) is 4.79 Å². The van der Waals surface area contributed by atoms with Gasteiger partial charge in [0.25, 0.3) is 0 Å². The predicted molar refractivity (Wildman–Crippen MR) is 57.4 cm³/mol. The zero-order valence-electron chi connectivity index (χ0n) is 7.99. The van der Waals surface area contributed by atoms with Crippen molar-refractivity contribution < 1.29 is 9.90 Å². The second kappa shape index (κ2) is 4.91. The highest BCUT2D eigenvalue weighted by molar-refractivity contribution is 7.99. The number of nitrogens with two attached hydrogens (primary N) is 1. The molecule has 0 aromatic heterocycles. The van der Waals surface area contributed by atoms with Crippen LogP contribution in [0.3, 0.4) is 0 Å². The molecule has 0 spiro atoms. The number of aryl methyl sites for hydroxylation is 1. The Morgan fingerprint density at radius 2 is 2.29 bits per heavy atom. The molecule has 3 N–H and O–H groups in total. The second-order valence-corrected chi connectivity index (χ2v) is 4.18. The van der Waals surface area contributed by atoms with Crippen molar-refractivity contribution in [2.75, 3.05) is 5.75 Å². The number of amides is 1. The Balaban J connectivity index is 2.51. The molecule has 0 fully saturated rings. The Labute approximate surface area is 87.3 Å². The van der Waals surface area contributed by atoms with Crippen molar-refractivity contribution in [2.24, 2.45) is 5.73 Å². The molecule has 3 nitrogen and oxygen atoms in total. The molecule has 0 bridgehead atoms. The van der Waals surface area contributed by atoms with E-state index in [0.29, 0.717) is 17.9 Å². The molecule has 0 aliphatic rings. The van der Waals surface area contributed by atoms with Crippen LogP contribution in [0, 0.1) is 6.92 Å². The number of benzene rings is 1. The SMILES string of the molecule is Cc1cc(SCCC(N)=O)ccc1O. The van der Waals surface area contributed by atoms with Crippen LogP contribution in [0.2, 0.25) is 0 Å². The van der Waals surface area contributed by atoms with Crippen molar-refractivity contribution in [1.82, 2.24) is 0 Å². The molecule has 0 heterocycles. The summed E-state index contributed by atoms with van der Waals surface area (Å²) in [7, 11) is 0. The fourth-order valence-corrected chi connectivity index (χ4v) is 1.95. The first-order valence-corrected chi connectivity index (χ1v) is 5.29. The van der Waals surface area contributed by atoms with Gasteiger partial charge in [-0.25, -0.2) is 0 Å². The Morgan fingerprint density at radius 1 is 1.57 bits per heavy atom. The summed E-state index contributed by atoms with van der Waals surface area (Å²) >= 11 is 1.56. The average Bonchev–Trinajstić information content (AvgIpc) is 2.10. The molecule has 0 aliphatic heterocycles. The number of thioether (sulfide) groups is 1. The number of carbonyl (C=O) groups excluding carboxylic acids is 1. The van der Waals surface area contributed by atoms with E-state index in [2.05, 4.69) is 0 Å². The molecule has 0 radical (unpaired) electrons. The molecule has 0 aliphatic carbocycles. The first-order chi connectivity index (χ1) is 6.59. The standard InChI is InChI=1S/C10H13NO2S/c1-7-6-8(2-3-9(7)12)14-5-4-10(11)13/h2-3,6,12H,4-5H2,1H3,(H2,11,13). The lowest BCUT2D eigenvalue weighted by molar-refractivity contribution is -0.117. The van der Waals surface area contributed by atoms with E-state index in [9.17, 15) is 9.90 Å². The maximum absolute atomic E-state index is 10.5. The fourth-order valence-electron chi connectivity index (χ4n) is 0.987. The summed E-state index contributed by atoms with van der Waals surface area (Å²) in [5, 5.41) is 9.27. The molecule has 4 heteroatoms. The molecular formula is C10H13NO2S. The average molecular weight is 211 g/mol. The lowest BCUT2D eigenvalue weighted by Crippen LogP contribution is -2.10. The number of phenolic OH excluding ortho intramolecular Hbond substituents is 1. The number of hydrogen-bond donors (Lipinski definition) is 2. The summed E-state index contributed by atoms with van der Waals surface area (Å²) in [5.74, 6) is 0.691. The highest BCUT2D eigenvalue weighted by atomic mass is 32.2. The zero-order valence-corrected chi connectivity index (χ0v) is 8.80. The van der Waals surface area contributed by atoms with Gasteiger partial charge in [-0.2, -0.15) is 0 Å². The molecule has 0 saturated carbocycles. The Morgan fingerprint density at radius 3 is 2.86 bits per heavy atom. The van der Waals surface area contributed by atoms with E-state index in [0.717, 1.165) is 10.5 Å². The molecule has 0 unspecified atom stereocenters. The monoisotopic (exact) mass is 211 g/mol. The van der Waals surface area contributed by atoms with E-state index >= 15 is 0 Å². The third-order valence-electron chi connectivity index (χ3n) is 1.79. The van der Waals surface area contributed by atoms with Gasteiger partial charge in [-0.3, -0.25) is 4.79 Å². The summed E-state index contributed by atoms with van der Waals surface area (Å²) in [6.45, 7) is 1.84. The van der Waals surface area contributed by atoms with Gasteiger partial charge in [0.1, 0.15) is 5.75 Å². The zero-order chi connectivity index (χ0) is 10.6. The first-order valence-electron chi connectivity index (χ1n) is 4.30. The Bertz CT molecular complexity index is 339. The molecular weight excluding hydrogens is 198 g/mol. The van der Waals surface area contributed by atoms with Gasteiger partial charge < -0.3 is 10.8 Å². The van der Waals surface area contributed by atoms with E-state index in [1.54, 1.807) is 17.8 Å².